The van der Waals surface area contributed by atoms with Gasteiger partial charge in [0.15, 0.2) is 4.80 Å². The molecule has 1 aliphatic heterocycles. The highest BCUT2D eigenvalue weighted by Crippen LogP contribution is 2.29. The molecule has 1 amide bonds. The van der Waals surface area contributed by atoms with E-state index in [4.69, 9.17) is 4.74 Å². The van der Waals surface area contributed by atoms with Gasteiger partial charge in [0.25, 0.3) is 15.9 Å². The number of sulfonamides is 1. The third-order valence-corrected chi connectivity index (χ3v) is 10.1. The molecule has 3 heterocycles. The Kier molecular flexibility index (Phi) is 6.87. The molecule has 11 heteroatoms. The number of aryl methyl sites for hydroxylation is 1. The predicted octanol–water partition coefficient (Wildman–Crippen LogP) is 3.42. The van der Waals surface area contributed by atoms with Crippen LogP contribution < -0.4 is 9.54 Å². The molecule has 0 bridgehead atoms. The normalized spacial score (nSPS) is 18.1. The largest absolute Gasteiger partial charge is 0.497 e. The monoisotopic (exact) mass is 497 g/mol. The number of nitrogens with zero attached hydrogens (tertiary/aromatic N) is 3. The van der Waals surface area contributed by atoms with Gasteiger partial charge < -0.3 is 9.30 Å². The summed E-state index contributed by atoms with van der Waals surface area (Å²) in [5.74, 6) is 1.20. The Morgan fingerprint density at radius 2 is 2.19 bits per heavy atom. The standard InChI is InChI=1S/C20H23N3O4S4/c1-27-14-7-8-17-16(13-14)22(10-12-28-2)20(30-17)21-19(24)15-5-3-9-23(15)31(25,26)18-6-4-11-29-18/h4,6-8,11,13,15H,3,5,9-10,12H2,1-2H3. The van der Waals surface area contributed by atoms with Gasteiger partial charge in [-0.05, 0) is 42.7 Å². The number of fused-ring (bicyclic) bond motifs is 1. The minimum absolute atomic E-state index is 0.260. The maximum Gasteiger partial charge on any atom is 0.266 e. The molecule has 7 nitrogen and oxygen atoms in total. The van der Waals surface area contributed by atoms with Gasteiger partial charge in [-0.2, -0.15) is 21.1 Å². The number of benzene rings is 1. The quantitative estimate of drug-likeness (QED) is 0.500. The molecule has 0 saturated carbocycles. The number of hydrogen-bond donors (Lipinski definition) is 0. The molecule has 0 spiro atoms. The van der Waals surface area contributed by atoms with Crippen LogP contribution in [0.15, 0.2) is 44.9 Å². The number of hydrogen-bond acceptors (Lipinski definition) is 7. The molecule has 1 unspecified atom stereocenters. The van der Waals surface area contributed by atoms with Crippen LogP contribution in [0.2, 0.25) is 0 Å². The summed E-state index contributed by atoms with van der Waals surface area (Å²) in [6, 6.07) is 8.30. The first-order chi connectivity index (χ1) is 15.0. The third-order valence-electron chi connectivity index (χ3n) is 5.16. The van der Waals surface area contributed by atoms with Crippen LogP contribution in [0.5, 0.6) is 5.75 Å². The van der Waals surface area contributed by atoms with Crippen molar-refractivity contribution in [1.29, 1.82) is 0 Å². The average molecular weight is 498 g/mol. The number of aromatic nitrogens is 1. The first-order valence-corrected chi connectivity index (χ1v) is 14.3. The van der Waals surface area contributed by atoms with Crippen molar-refractivity contribution in [3.05, 3.63) is 40.5 Å². The zero-order valence-electron chi connectivity index (χ0n) is 17.2. The third kappa shape index (κ3) is 4.47. The Morgan fingerprint density at radius 1 is 1.35 bits per heavy atom. The van der Waals surface area contributed by atoms with Gasteiger partial charge in [-0.1, -0.05) is 17.4 Å². The van der Waals surface area contributed by atoms with E-state index < -0.39 is 22.0 Å². The van der Waals surface area contributed by atoms with Crippen LogP contribution in [-0.2, 0) is 21.4 Å². The first kappa shape index (κ1) is 22.5. The minimum Gasteiger partial charge on any atom is -0.497 e. The van der Waals surface area contributed by atoms with E-state index in [0.29, 0.717) is 30.7 Å². The number of carbonyl (C=O) groups is 1. The number of methoxy groups -OCH3 is 1. The fourth-order valence-corrected chi connectivity index (χ4v) is 7.81. The van der Waals surface area contributed by atoms with E-state index in [0.717, 1.165) is 33.1 Å². The van der Waals surface area contributed by atoms with E-state index in [1.165, 1.54) is 15.6 Å². The molecule has 1 fully saturated rings. The van der Waals surface area contributed by atoms with E-state index in [9.17, 15) is 13.2 Å². The van der Waals surface area contributed by atoms with Crippen molar-refractivity contribution in [3.63, 3.8) is 0 Å². The Bertz CT molecular complexity index is 1250. The van der Waals surface area contributed by atoms with Gasteiger partial charge in [-0.25, -0.2) is 8.42 Å². The molecular formula is C20H23N3O4S4. The van der Waals surface area contributed by atoms with Crippen molar-refractivity contribution in [3.8, 4) is 5.75 Å². The van der Waals surface area contributed by atoms with Gasteiger partial charge in [0.1, 0.15) is 16.0 Å². The number of carbonyl (C=O) groups excluding carboxylic acids is 1. The summed E-state index contributed by atoms with van der Waals surface area (Å²) in [6.45, 7) is 1.03. The maximum absolute atomic E-state index is 13.2. The minimum atomic E-state index is -3.69. The molecule has 0 aliphatic carbocycles. The second-order valence-corrected chi connectivity index (χ2v) is 12.1. The number of thiophene rings is 1. The molecule has 0 radical (unpaired) electrons. The molecule has 2 aromatic heterocycles. The second-order valence-electron chi connectivity index (χ2n) is 7.02. The molecule has 1 aliphatic rings. The summed E-state index contributed by atoms with van der Waals surface area (Å²) in [6.07, 6.45) is 3.16. The highest BCUT2D eigenvalue weighted by molar-refractivity contribution is 7.98. The van der Waals surface area contributed by atoms with E-state index in [-0.39, 0.29) is 4.21 Å². The summed E-state index contributed by atoms with van der Waals surface area (Å²) < 4.78 is 36.0. The van der Waals surface area contributed by atoms with Crippen LogP contribution in [0.3, 0.4) is 0 Å². The lowest BCUT2D eigenvalue weighted by Crippen LogP contribution is -2.40. The van der Waals surface area contributed by atoms with E-state index in [1.807, 2.05) is 29.0 Å². The molecule has 4 rings (SSSR count). The van der Waals surface area contributed by atoms with Crippen molar-refractivity contribution in [2.45, 2.75) is 29.6 Å². The Morgan fingerprint density at radius 3 is 2.90 bits per heavy atom. The molecule has 1 saturated heterocycles. The molecular weight excluding hydrogens is 475 g/mol. The summed E-state index contributed by atoms with van der Waals surface area (Å²) in [5.41, 5.74) is 0.958. The topological polar surface area (TPSA) is 81.0 Å². The van der Waals surface area contributed by atoms with Gasteiger partial charge >= 0.3 is 0 Å². The Labute approximate surface area is 193 Å². The second kappa shape index (κ2) is 9.45. The lowest BCUT2D eigenvalue weighted by Gasteiger charge is -2.20. The van der Waals surface area contributed by atoms with Crippen LogP contribution in [0.4, 0.5) is 0 Å². The molecule has 31 heavy (non-hydrogen) atoms. The molecule has 166 valence electrons. The van der Waals surface area contributed by atoms with Gasteiger partial charge in [0.05, 0.1) is 17.3 Å². The van der Waals surface area contributed by atoms with Crippen molar-refractivity contribution in [2.24, 2.45) is 4.99 Å². The molecule has 1 aromatic carbocycles. The SMILES string of the molecule is COc1ccc2sc(=NC(=O)C3CCCN3S(=O)(=O)c3cccs3)n(CCSC)c2c1. The van der Waals surface area contributed by atoms with E-state index >= 15 is 0 Å². The van der Waals surface area contributed by atoms with Gasteiger partial charge in [0.2, 0.25) is 0 Å². The fourth-order valence-electron chi connectivity index (χ4n) is 3.63. The summed E-state index contributed by atoms with van der Waals surface area (Å²) in [7, 11) is -2.07. The van der Waals surface area contributed by atoms with E-state index in [2.05, 4.69) is 4.99 Å². The van der Waals surface area contributed by atoms with Crippen molar-refractivity contribution >= 4 is 60.6 Å². The lowest BCUT2D eigenvalue weighted by atomic mass is 10.2. The fraction of sp³-hybridized carbons (Fsp3) is 0.400. The maximum atomic E-state index is 13.2. The molecule has 1 atom stereocenters. The van der Waals surface area contributed by atoms with Crippen molar-refractivity contribution < 1.29 is 17.9 Å². The summed E-state index contributed by atoms with van der Waals surface area (Å²) in [4.78, 5) is 18.2. The Hall–Kier alpha value is -1.66. The van der Waals surface area contributed by atoms with Gasteiger partial charge in [0, 0.05) is 24.9 Å². The summed E-state index contributed by atoms with van der Waals surface area (Å²) in [5, 5.41) is 1.73. The molecule has 3 aromatic rings. The summed E-state index contributed by atoms with van der Waals surface area (Å²) >= 11 is 4.31. The van der Waals surface area contributed by atoms with Crippen molar-refractivity contribution in [2.75, 3.05) is 25.7 Å². The van der Waals surface area contributed by atoms with Crippen LogP contribution in [-0.4, -0.2) is 54.9 Å². The smallest absolute Gasteiger partial charge is 0.266 e. The first-order valence-electron chi connectivity index (χ1n) is 9.76. The predicted molar refractivity (Wildman–Crippen MR) is 127 cm³/mol. The number of thioether (sulfide) groups is 1. The molecule has 0 N–H and O–H groups in total. The van der Waals surface area contributed by atoms with Crippen LogP contribution in [0.25, 0.3) is 10.2 Å². The van der Waals surface area contributed by atoms with Crippen LogP contribution in [0.1, 0.15) is 12.8 Å². The van der Waals surface area contributed by atoms with Gasteiger partial charge in [-0.15, -0.1) is 11.3 Å². The average Bonchev–Trinajstić information content (AvgIpc) is 3.52. The van der Waals surface area contributed by atoms with E-state index in [1.54, 1.807) is 36.4 Å². The highest BCUT2D eigenvalue weighted by Gasteiger charge is 2.39. The number of thiazole rings is 1. The van der Waals surface area contributed by atoms with Crippen molar-refractivity contribution in [1.82, 2.24) is 8.87 Å². The highest BCUT2D eigenvalue weighted by atomic mass is 32.2. The lowest BCUT2D eigenvalue weighted by molar-refractivity contribution is -0.121. The Balaban J connectivity index is 1.72. The zero-order chi connectivity index (χ0) is 22.0. The van der Waals surface area contributed by atoms with Crippen LogP contribution >= 0.6 is 34.4 Å². The number of rotatable bonds is 7. The van der Waals surface area contributed by atoms with Gasteiger partial charge in [-0.3, -0.25) is 4.79 Å². The van der Waals surface area contributed by atoms with Crippen LogP contribution in [0, 0.1) is 0 Å². The zero-order valence-corrected chi connectivity index (χ0v) is 20.5. The number of amides is 1. The number of ether oxygens (including phenoxy) is 1.